The molecule has 10 nitrogen and oxygen atoms in total. The molecule has 0 unspecified atom stereocenters. The Morgan fingerprint density at radius 2 is 1.46 bits per heavy atom. The fraction of sp³-hybridized carbons (Fsp3) is 0.931. The van der Waals surface area contributed by atoms with Gasteiger partial charge in [-0.05, 0) is 106 Å². The molecule has 2 atom stereocenters. The van der Waals surface area contributed by atoms with Crippen LogP contribution in [0, 0.1) is 22.0 Å². The Labute approximate surface area is 237 Å². The molecule has 1 fully saturated rings. The molecule has 0 aromatic carbocycles. The Bertz CT molecular complexity index is 756. The monoisotopic (exact) mass is 558 g/mol. The van der Waals surface area contributed by atoms with Gasteiger partial charge in [0.05, 0.1) is 0 Å². The van der Waals surface area contributed by atoms with Crippen molar-refractivity contribution in [2.45, 2.75) is 143 Å². The Morgan fingerprint density at radius 3 is 1.85 bits per heavy atom. The second-order valence-electron chi connectivity index (χ2n) is 14.0. The molecule has 0 aliphatic carbocycles. The van der Waals surface area contributed by atoms with E-state index < -0.39 is 22.8 Å². The van der Waals surface area contributed by atoms with Gasteiger partial charge in [0.25, 0.3) is 0 Å². The van der Waals surface area contributed by atoms with Gasteiger partial charge in [0, 0.05) is 43.8 Å². The average molecular weight is 559 g/mol. The summed E-state index contributed by atoms with van der Waals surface area (Å²) in [5.41, 5.74) is -1.52. The van der Waals surface area contributed by atoms with Crippen LogP contribution in [0.4, 0.5) is 9.59 Å². The van der Waals surface area contributed by atoms with Crippen LogP contribution in [0.25, 0.3) is 0 Å². The summed E-state index contributed by atoms with van der Waals surface area (Å²) < 4.78 is 10.3. The third-order valence-corrected chi connectivity index (χ3v) is 6.44. The first-order valence-electron chi connectivity index (χ1n) is 14.5. The van der Waals surface area contributed by atoms with E-state index in [0.717, 1.165) is 44.6 Å². The molecule has 0 radical (unpaired) electrons. The number of rotatable bonds is 12. The number of nitro groups is 1. The first-order chi connectivity index (χ1) is 17.7. The molecule has 2 amide bonds. The number of nitrogens with zero attached hydrogens (tertiary/aromatic N) is 1. The van der Waals surface area contributed by atoms with Crippen molar-refractivity contribution >= 4 is 12.2 Å². The summed E-state index contributed by atoms with van der Waals surface area (Å²) in [5.74, 6) is 1.03. The van der Waals surface area contributed by atoms with Gasteiger partial charge in [-0.25, -0.2) is 9.59 Å². The second kappa shape index (κ2) is 16.2. The van der Waals surface area contributed by atoms with Gasteiger partial charge in [0.1, 0.15) is 11.2 Å². The lowest BCUT2D eigenvalue weighted by molar-refractivity contribution is -0.563. The first-order valence-corrected chi connectivity index (χ1v) is 14.5. The van der Waals surface area contributed by atoms with Crippen LogP contribution in [0.15, 0.2) is 0 Å². The predicted molar refractivity (Wildman–Crippen MR) is 157 cm³/mol. The highest BCUT2D eigenvalue weighted by Crippen LogP contribution is 2.26. The quantitative estimate of drug-likeness (QED) is 0.143. The van der Waals surface area contributed by atoms with E-state index in [-0.39, 0.29) is 16.6 Å². The summed E-state index contributed by atoms with van der Waals surface area (Å²) in [6.07, 6.45) is 5.79. The molecule has 1 aliphatic heterocycles. The van der Waals surface area contributed by atoms with Crippen LogP contribution in [0.2, 0.25) is 0 Å². The van der Waals surface area contributed by atoms with Crippen LogP contribution in [-0.4, -0.2) is 59.0 Å². The minimum Gasteiger partial charge on any atom is -0.444 e. The van der Waals surface area contributed by atoms with Crippen LogP contribution < -0.4 is 16.0 Å². The summed E-state index contributed by atoms with van der Waals surface area (Å²) in [6.45, 7) is 23.3. The van der Waals surface area contributed by atoms with Crippen LogP contribution in [0.1, 0.15) is 121 Å². The van der Waals surface area contributed by atoms with Crippen molar-refractivity contribution in [3.8, 4) is 0 Å². The zero-order chi connectivity index (χ0) is 30.5. The lowest BCUT2D eigenvalue weighted by Crippen LogP contribution is -2.34. The molecule has 0 aromatic rings. The fourth-order valence-electron chi connectivity index (χ4n) is 4.51. The predicted octanol–water partition coefficient (Wildman–Crippen LogP) is 6.44. The zero-order valence-corrected chi connectivity index (χ0v) is 26.6. The summed E-state index contributed by atoms with van der Waals surface area (Å²) in [4.78, 5) is 33.6. The highest BCUT2D eigenvalue weighted by molar-refractivity contribution is 5.67. The van der Waals surface area contributed by atoms with E-state index in [1.807, 2.05) is 48.5 Å². The van der Waals surface area contributed by atoms with Gasteiger partial charge in [-0.1, -0.05) is 13.3 Å². The van der Waals surface area contributed by atoms with Gasteiger partial charge in [0.2, 0.25) is 5.54 Å². The molecule has 1 aliphatic rings. The molecule has 0 saturated carbocycles. The maximum atomic E-state index is 11.5. The summed E-state index contributed by atoms with van der Waals surface area (Å²) in [7, 11) is 0. The Balaban J connectivity index is 0.000000748. The highest BCUT2D eigenvalue weighted by Gasteiger charge is 2.33. The summed E-state index contributed by atoms with van der Waals surface area (Å²) in [6, 6.07) is 0. The maximum Gasteiger partial charge on any atom is 0.407 e. The van der Waals surface area contributed by atoms with E-state index >= 15 is 0 Å². The van der Waals surface area contributed by atoms with E-state index in [1.165, 1.54) is 6.42 Å². The molecule has 0 spiro atoms. The number of alkyl carbamates (subject to hydrolysis) is 2. The Morgan fingerprint density at radius 1 is 0.974 bits per heavy atom. The number of carbonyl (C=O) groups excluding carboxylic acids is 2. The molecule has 0 aromatic heterocycles. The molecule has 230 valence electrons. The minimum atomic E-state index is -0.890. The van der Waals surface area contributed by atoms with Crippen molar-refractivity contribution in [2.75, 3.05) is 19.6 Å². The van der Waals surface area contributed by atoms with E-state index in [9.17, 15) is 19.7 Å². The SMILES string of the molecule is CC1(C)C[C@@H](CCCNC(=O)OC(C)(C)C)CN1.CC[C@H](CCCNC(=O)OC(C)(C)C)CC(C)(C)[N+](=O)[O-]. The maximum absolute atomic E-state index is 11.5. The standard InChI is InChI=1S/C15H30N2O4.C14H28N2O2/c1-7-12(11-15(5,6)17(19)20)9-8-10-16-13(18)21-14(2,3)4;1-13(2,3)18-12(17)15-8-6-7-11-9-14(4,5)16-10-11/h12H,7-11H2,1-6H3,(H,16,18);11,16H,6-10H2,1-5H3,(H,15,17)/t12-;11-/m11/s1. The smallest absolute Gasteiger partial charge is 0.407 e. The fourth-order valence-corrected chi connectivity index (χ4v) is 4.51. The first kappa shape index (κ1) is 36.9. The lowest BCUT2D eigenvalue weighted by Gasteiger charge is -2.22. The third kappa shape index (κ3) is 19.6. The molecule has 10 heteroatoms. The molecular formula is C29H58N4O6. The van der Waals surface area contributed by atoms with Crippen LogP contribution >= 0.6 is 0 Å². The van der Waals surface area contributed by atoms with Crippen LogP contribution in [-0.2, 0) is 9.47 Å². The molecule has 0 bridgehead atoms. The largest absolute Gasteiger partial charge is 0.444 e. The average Bonchev–Trinajstić information content (AvgIpc) is 3.09. The van der Waals surface area contributed by atoms with Gasteiger partial charge in [-0.15, -0.1) is 0 Å². The van der Waals surface area contributed by atoms with Gasteiger partial charge in [0.15, 0.2) is 0 Å². The number of hydrogen-bond donors (Lipinski definition) is 3. The van der Waals surface area contributed by atoms with Crippen molar-refractivity contribution < 1.29 is 24.0 Å². The van der Waals surface area contributed by atoms with Crippen LogP contribution in [0.5, 0.6) is 0 Å². The van der Waals surface area contributed by atoms with E-state index in [2.05, 4.69) is 29.8 Å². The Hall–Kier alpha value is -2.10. The highest BCUT2D eigenvalue weighted by atomic mass is 16.6. The van der Waals surface area contributed by atoms with Gasteiger partial charge < -0.3 is 25.4 Å². The van der Waals surface area contributed by atoms with E-state index in [0.29, 0.717) is 25.4 Å². The molecule has 39 heavy (non-hydrogen) atoms. The van der Waals surface area contributed by atoms with Gasteiger partial charge >= 0.3 is 12.2 Å². The molecule has 1 rings (SSSR count). The van der Waals surface area contributed by atoms with E-state index in [4.69, 9.17) is 9.47 Å². The van der Waals surface area contributed by atoms with Crippen molar-refractivity contribution in [1.82, 2.24) is 16.0 Å². The van der Waals surface area contributed by atoms with Crippen molar-refractivity contribution in [1.29, 1.82) is 0 Å². The molecular weight excluding hydrogens is 500 g/mol. The molecule has 3 N–H and O–H groups in total. The summed E-state index contributed by atoms with van der Waals surface area (Å²) in [5, 5.41) is 20.0. The zero-order valence-electron chi connectivity index (χ0n) is 26.6. The second-order valence-corrected chi connectivity index (χ2v) is 14.0. The van der Waals surface area contributed by atoms with Crippen LogP contribution in [0.3, 0.4) is 0 Å². The molecule has 1 heterocycles. The number of hydrogen-bond acceptors (Lipinski definition) is 7. The van der Waals surface area contributed by atoms with Gasteiger partial charge in [-0.2, -0.15) is 0 Å². The number of nitrogens with one attached hydrogen (secondary N) is 3. The van der Waals surface area contributed by atoms with Crippen molar-refractivity contribution in [2.24, 2.45) is 11.8 Å². The number of ether oxygens (including phenoxy) is 2. The summed E-state index contributed by atoms with van der Waals surface area (Å²) >= 11 is 0. The number of amides is 2. The lowest BCUT2D eigenvalue weighted by atomic mass is 9.86. The van der Waals surface area contributed by atoms with E-state index in [1.54, 1.807) is 13.8 Å². The normalized spacial score (nSPS) is 17.9. The van der Waals surface area contributed by atoms with Crippen molar-refractivity contribution in [3.05, 3.63) is 10.1 Å². The minimum absolute atomic E-state index is 0.214. The van der Waals surface area contributed by atoms with Gasteiger partial charge in [-0.3, -0.25) is 10.1 Å². The molecule has 1 saturated heterocycles. The topological polar surface area (TPSA) is 132 Å². The number of carbonyl (C=O) groups is 2. The third-order valence-electron chi connectivity index (χ3n) is 6.44. The Kier molecular flexibility index (Phi) is 15.4. The van der Waals surface area contributed by atoms with Crippen molar-refractivity contribution in [3.63, 3.8) is 0 Å².